The fraction of sp³-hybridized carbons (Fsp3) is 0. The maximum absolute atomic E-state index is 14.2. The van der Waals surface area contributed by atoms with Gasteiger partial charge in [0.05, 0.1) is 11.0 Å². The van der Waals surface area contributed by atoms with Gasteiger partial charge in [-0.15, -0.1) is 0 Å². The average Bonchev–Trinajstić information content (AvgIpc) is 3.54. The van der Waals surface area contributed by atoms with Crippen molar-refractivity contribution < 1.29 is 4.39 Å². The van der Waals surface area contributed by atoms with E-state index in [-0.39, 0.29) is 5.82 Å². The number of rotatable bonds is 8. The minimum absolute atomic E-state index is 0.256. The minimum Gasteiger partial charge on any atom is -0.310 e. The van der Waals surface area contributed by atoms with Gasteiger partial charge in [-0.25, -0.2) is 4.39 Å². The van der Waals surface area contributed by atoms with Crippen molar-refractivity contribution in [1.82, 2.24) is 4.57 Å². The van der Waals surface area contributed by atoms with E-state index < -0.39 is 8.07 Å². The maximum atomic E-state index is 14.2. The van der Waals surface area contributed by atoms with Crippen LogP contribution in [0.15, 0.2) is 212 Å². The summed E-state index contributed by atoms with van der Waals surface area (Å²) in [5.41, 5.74) is 6.28. The van der Waals surface area contributed by atoms with Crippen molar-refractivity contribution in [2.75, 3.05) is 4.90 Å². The van der Waals surface area contributed by atoms with Gasteiger partial charge in [0.2, 0.25) is 0 Å². The molecule has 0 radical (unpaired) electrons. The van der Waals surface area contributed by atoms with E-state index in [1.807, 2.05) is 30.3 Å². The molecule has 0 saturated heterocycles. The van der Waals surface area contributed by atoms with E-state index >= 15 is 0 Å². The predicted octanol–water partition coefficient (Wildman–Crippen LogP) is 9.77. The van der Waals surface area contributed by atoms with Gasteiger partial charge < -0.3 is 9.47 Å². The summed E-state index contributed by atoms with van der Waals surface area (Å²) in [6.07, 6.45) is 0. The molecule has 0 aliphatic rings. The Morgan fingerprint density at radius 2 is 0.788 bits per heavy atom. The number of fused-ring (bicyclic) bond motifs is 3. The van der Waals surface area contributed by atoms with Gasteiger partial charge in [-0.05, 0) is 93.5 Å². The van der Waals surface area contributed by atoms with Gasteiger partial charge in [0.15, 0.2) is 8.07 Å². The molecular weight excluding hydrogens is 652 g/mol. The molecule has 1 heterocycles. The van der Waals surface area contributed by atoms with Gasteiger partial charge in [0.1, 0.15) is 5.82 Å². The van der Waals surface area contributed by atoms with Crippen LogP contribution in [-0.4, -0.2) is 12.6 Å². The van der Waals surface area contributed by atoms with Crippen LogP contribution in [0.5, 0.6) is 0 Å². The molecule has 0 fully saturated rings. The second-order valence-electron chi connectivity index (χ2n) is 13.1. The fourth-order valence-corrected chi connectivity index (χ4v) is 12.7. The monoisotopic (exact) mass is 686 g/mol. The Kier molecular flexibility index (Phi) is 8.07. The van der Waals surface area contributed by atoms with Crippen molar-refractivity contribution >= 4 is 67.7 Å². The average molecular weight is 687 g/mol. The van der Waals surface area contributed by atoms with Crippen LogP contribution in [0.4, 0.5) is 21.5 Å². The van der Waals surface area contributed by atoms with Crippen LogP contribution in [-0.2, 0) is 0 Å². The summed E-state index contributed by atoms with van der Waals surface area (Å²) in [4.78, 5) is 2.20. The highest BCUT2D eigenvalue weighted by molar-refractivity contribution is 7.20. The quantitative estimate of drug-likeness (QED) is 0.114. The lowest BCUT2D eigenvalue weighted by atomic mass is 10.1. The predicted molar refractivity (Wildman–Crippen MR) is 219 cm³/mol. The standard InChI is InChI=1S/C48H35FN2Si/c49-36-26-28-39(29-27-36)50(37-16-6-1-7-17-37)40-30-32-47-45(34-40)46-35-44(31-33-48(46)51(47)38-18-8-2-9-19-38)52(41-20-10-3-11-21-41,42-22-12-4-13-23-42)43-24-14-5-15-25-43/h1-35H. The molecule has 0 aliphatic heterocycles. The lowest BCUT2D eigenvalue weighted by molar-refractivity contribution is 0.628. The van der Waals surface area contributed by atoms with Crippen molar-refractivity contribution in [2.45, 2.75) is 0 Å². The Hall–Kier alpha value is -6.49. The SMILES string of the molecule is Fc1ccc(N(c2ccccc2)c2ccc3c(c2)c2cc([Si](c4ccccc4)(c4ccccc4)c4ccccc4)ccc2n3-c2ccccc2)cc1. The van der Waals surface area contributed by atoms with Crippen LogP contribution in [0.3, 0.4) is 0 Å². The van der Waals surface area contributed by atoms with Gasteiger partial charge >= 0.3 is 0 Å². The van der Waals surface area contributed by atoms with Crippen molar-refractivity contribution in [1.29, 1.82) is 0 Å². The molecule has 0 saturated carbocycles. The second kappa shape index (κ2) is 13.3. The normalized spacial score (nSPS) is 11.6. The van der Waals surface area contributed by atoms with Crippen LogP contribution in [0.1, 0.15) is 0 Å². The molecule has 52 heavy (non-hydrogen) atoms. The van der Waals surface area contributed by atoms with E-state index in [4.69, 9.17) is 0 Å². The van der Waals surface area contributed by atoms with Gasteiger partial charge in [-0.1, -0.05) is 140 Å². The van der Waals surface area contributed by atoms with Gasteiger partial charge in [-0.3, -0.25) is 0 Å². The molecule has 9 rings (SSSR count). The smallest absolute Gasteiger partial charge is 0.179 e. The number of hydrogen-bond donors (Lipinski definition) is 0. The zero-order valence-electron chi connectivity index (χ0n) is 28.5. The summed E-state index contributed by atoms with van der Waals surface area (Å²) >= 11 is 0. The van der Waals surface area contributed by atoms with Gasteiger partial charge in [0.25, 0.3) is 0 Å². The van der Waals surface area contributed by atoms with Crippen LogP contribution < -0.4 is 25.6 Å². The molecule has 0 bridgehead atoms. The Balaban J connectivity index is 1.37. The van der Waals surface area contributed by atoms with Crippen LogP contribution in [0, 0.1) is 5.82 Å². The Morgan fingerprint density at radius 1 is 0.365 bits per heavy atom. The first-order valence-electron chi connectivity index (χ1n) is 17.6. The molecule has 1 aromatic heterocycles. The second-order valence-corrected chi connectivity index (χ2v) is 16.9. The summed E-state index contributed by atoms with van der Waals surface area (Å²) < 4.78 is 16.6. The fourth-order valence-electron chi connectivity index (χ4n) is 7.92. The highest BCUT2D eigenvalue weighted by atomic mass is 28.3. The first-order valence-corrected chi connectivity index (χ1v) is 19.6. The van der Waals surface area contributed by atoms with E-state index in [2.05, 4.69) is 179 Å². The third-order valence-corrected chi connectivity index (χ3v) is 14.9. The molecule has 0 atom stereocenters. The first-order chi connectivity index (χ1) is 25.7. The molecule has 248 valence electrons. The number of nitrogens with zero attached hydrogens (tertiary/aromatic N) is 2. The molecule has 0 unspecified atom stereocenters. The van der Waals surface area contributed by atoms with Gasteiger partial charge in [0, 0.05) is 33.5 Å². The minimum atomic E-state index is -2.78. The third-order valence-electron chi connectivity index (χ3n) is 10.2. The maximum Gasteiger partial charge on any atom is 0.179 e. The first kappa shape index (κ1) is 31.5. The zero-order valence-corrected chi connectivity index (χ0v) is 29.5. The third kappa shape index (κ3) is 5.32. The number of aromatic nitrogens is 1. The van der Waals surface area contributed by atoms with Gasteiger partial charge in [-0.2, -0.15) is 0 Å². The van der Waals surface area contributed by atoms with Crippen LogP contribution in [0.25, 0.3) is 27.5 Å². The van der Waals surface area contributed by atoms with Crippen LogP contribution >= 0.6 is 0 Å². The topological polar surface area (TPSA) is 8.17 Å². The molecule has 8 aromatic carbocycles. The van der Waals surface area contributed by atoms with Crippen molar-refractivity contribution in [2.24, 2.45) is 0 Å². The molecule has 0 N–H and O–H groups in total. The lowest BCUT2D eigenvalue weighted by Crippen LogP contribution is -2.74. The number of para-hydroxylation sites is 2. The van der Waals surface area contributed by atoms with E-state index in [0.29, 0.717) is 0 Å². The van der Waals surface area contributed by atoms with E-state index in [1.54, 1.807) is 0 Å². The summed E-state index contributed by atoms with van der Waals surface area (Å²) in [5, 5.41) is 7.67. The number of halogens is 1. The molecule has 2 nitrogen and oxygen atoms in total. The lowest BCUT2D eigenvalue weighted by Gasteiger charge is -2.34. The zero-order chi connectivity index (χ0) is 34.9. The van der Waals surface area contributed by atoms with Crippen molar-refractivity contribution in [3.63, 3.8) is 0 Å². The number of hydrogen-bond acceptors (Lipinski definition) is 1. The summed E-state index contributed by atoms with van der Waals surface area (Å²) in [7, 11) is -2.78. The highest BCUT2D eigenvalue weighted by Crippen LogP contribution is 2.39. The number of benzene rings is 8. The molecule has 0 spiro atoms. The van der Waals surface area contributed by atoms with E-state index in [9.17, 15) is 4.39 Å². The van der Waals surface area contributed by atoms with E-state index in [1.165, 1.54) is 38.3 Å². The molecule has 4 heteroatoms. The molecular formula is C48H35FN2Si. The molecule has 9 aromatic rings. The summed E-state index contributed by atoms with van der Waals surface area (Å²) in [6, 6.07) is 74.7. The van der Waals surface area contributed by atoms with Crippen molar-refractivity contribution in [3.8, 4) is 5.69 Å². The summed E-state index contributed by atoms with van der Waals surface area (Å²) in [5.74, 6) is -0.256. The van der Waals surface area contributed by atoms with E-state index in [0.717, 1.165) is 39.2 Å². The number of anilines is 3. The molecule has 0 amide bonds. The highest BCUT2D eigenvalue weighted by Gasteiger charge is 2.41. The molecule has 0 aliphatic carbocycles. The summed E-state index contributed by atoms with van der Waals surface area (Å²) in [6.45, 7) is 0. The largest absolute Gasteiger partial charge is 0.310 e. The Labute approximate surface area is 304 Å². The Morgan fingerprint density at radius 3 is 1.33 bits per heavy atom. The Bertz CT molecular complexity index is 2510. The van der Waals surface area contributed by atoms with Crippen LogP contribution in [0.2, 0.25) is 0 Å². The van der Waals surface area contributed by atoms with Crippen molar-refractivity contribution in [3.05, 3.63) is 218 Å².